The van der Waals surface area contributed by atoms with Gasteiger partial charge in [-0.05, 0) is 66.9 Å². The van der Waals surface area contributed by atoms with Gasteiger partial charge in [0.05, 0.1) is 5.56 Å². The molecule has 6 rings (SSSR count). The molecular formula is C30H26F4N8O. The van der Waals surface area contributed by atoms with Gasteiger partial charge in [-0.1, -0.05) is 0 Å². The summed E-state index contributed by atoms with van der Waals surface area (Å²) in [5.74, 6) is -1.47. The number of alkyl halides is 3. The lowest BCUT2D eigenvalue weighted by Gasteiger charge is -2.30. The number of amides is 1. The minimum Gasteiger partial charge on any atom is -0.369 e. The van der Waals surface area contributed by atoms with Crippen molar-refractivity contribution in [1.29, 1.82) is 5.26 Å². The minimum absolute atomic E-state index is 0.0273. The number of anilines is 4. The van der Waals surface area contributed by atoms with Gasteiger partial charge in [-0.2, -0.15) is 23.5 Å². The van der Waals surface area contributed by atoms with Crippen LogP contribution in [0.2, 0.25) is 0 Å². The molecule has 0 atom stereocenters. The number of carbonyl (C=O) groups is 1. The topological polar surface area (TPSA) is 111 Å². The zero-order chi connectivity index (χ0) is 30.3. The molecule has 4 heterocycles. The number of benzene rings is 2. The lowest BCUT2D eigenvalue weighted by molar-refractivity contribution is -0.137. The van der Waals surface area contributed by atoms with Crippen LogP contribution >= 0.6 is 0 Å². The van der Waals surface area contributed by atoms with E-state index in [1.165, 1.54) is 19.1 Å². The van der Waals surface area contributed by atoms with Gasteiger partial charge in [0.25, 0.3) is 5.91 Å². The number of nitrogens with zero attached hydrogens (tertiary/aromatic N) is 5. The number of hydrogen-bond acceptors (Lipinski definition) is 7. The van der Waals surface area contributed by atoms with Crippen LogP contribution in [0, 0.1) is 24.1 Å². The molecule has 0 spiro atoms. The first-order valence-electron chi connectivity index (χ1n) is 13.6. The van der Waals surface area contributed by atoms with E-state index >= 15 is 4.39 Å². The Morgan fingerprint density at radius 3 is 2.63 bits per heavy atom. The molecule has 220 valence electrons. The maximum absolute atomic E-state index is 15.8. The van der Waals surface area contributed by atoms with Crippen molar-refractivity contribution in [3.05, 3.63) is 82.3 Å². The van der Waals surface area contributed by atoms with Crippen molar-refractivity contribution >= 4 is 28.9 Å². The lowest BCUT2D eigenvalue weighted by atomic mass is 9.99. The number of nitriles is 1. The van der Waals surface area contributed by atoms with Gasteiger partial charge in [0.15, 0.2) is 0 Å². The number of nitrogens with one attached hydrogen (secondary N) is 3. The van der Waals surface area contributed by atoms with Crippen LogP contribution in [-0.4, -0.2) is 46.9 Å². The van der Waals surface area contributed by atoms with E-state index in [9.17, 15) is 23.2 Å². The van der Waals surface area contributed by atoms with Gasteiger partial charge in [0.1, 0.15) is 34.8 Å². The zero-order valence-electron chi connectivity index (χ0n) is 23.0. The standard InChI is InChI=1S/C30H26F4N8O/c1-17-21(29(43)39-25-15-19(6-8-37-25)30(32,33)34)3-4-22(26(17)31)27-23(16-35)28-38-24-5-2-20(41-12-9-36-10-13-41)14-18(24)7-11-42(28)40-27/h2-6,8,14-15,36,38H,7,9-13H2,1H3,(H,37,39,43). The summed E-state index contributed by atoms with van der Waals surface area (Å²) in [6.07, 6.45) is -3.04. The fourth-order valence-corrected chi connectivity index (χ4v) is 5.40. The van der Waals surface area contributed by atoms with Crippen molar-refractivity contribution in [3.63, 3.8) is 0 Å². The molecule has 0 radical (unpaired) electrons. The smallest absolute Gasteiger partial charge is 0.369 e. The molecule has 43 heavy (non-hydrogen) atoms. The first kappa shape index (κ1) is 28.2. The maximum Gasteiger partial charge on any atom is 0.416 e. The SMILES string of the molecule is Cc1c(C(=O)Nc2cc(C(F)(F)F)ccn2)ccc(-c2nn3c(c2C#N)Nc2ccc(N4CCNCC4)cc2CC3)c1F. The first-order valence-corrected chi connectivity index (χ1v) is 13.6. The number of fused-ring (bicyclic) bond motifs is 2. The van der Waals surface area contributed by atoms with Gasteiger partial charge < -0.3 is 20.9 Å². The maximum atomic E-state index is 15.8. The van der Waals surface area contributed by atoms with Crippen molar-refractivity contribution in [1.82, 2.24) is 20.1 Å². The van der Waals surface area contributed by atoms with E-state index in [-0.39, 0.29) is 33.8 Å². The largest absolute Gasteiger partial charge is 0.416 e. The van der Waals surface area contributed by atoms with Gasteiger partial charge in [0.2, 0.25) is 0 Å². The molecule has 0 unspecified atom stereocenters. The van der Waals surface area contributed by atoms with E-state index in [1.54, 1.807) is 4.68 Å². The van der Waals surface area contributed by atoms with Gasteiger partial charge in [-0.3, -0.25) is 4.79 Å². The summed E-state index contributed by atoms with van der Waals surface area (Å²) in [7, 11) is 0. The minimum atomic E-state index is -4.61. The Kier molecular flexibility index (Phi) is 7.23. The summed E-state index contributed by atoms with van der Waals surface area (Å²) >= 11 is 0. The Labute approximate surface area is 244 Å². The average Bonchev–Trinajstić information content (AvgIpc) is 3.24. The highest BCUT2D eigenvalue weighted by Gasteiger charge is 2.31. The second-order valence-electron chi connectivity index (χ2n) is 10.3. The Hall–Kier alpha value is -4.96. The number of hydrogen-bond donors (Lipinski definition) is 3. The Morgan fingerprint density at radius 1 is 1.09 bits per heavy atom. The Balaban J connectivity index is 1.28. The predicted octanol–water partition coefficient (Wildman–Crippen LogP) is 5.24. The molecule has 2 aromatic carbocycles. The van der Waals surface area contributed by atoms with Crippen LogP contribution in [0.4, 0.5) is 40.6 Å². The summed E-state index contributed by atoms with van der Waals surface area (Å²) < 4.78 is 56.6. The Bertz CT molecular complexity index is 1770. The molecule has 13 heteroatoms. The third-order valence-electron chi connectivity index (χ3n) is 7.70. The van der Waals surface area contributed by atoms with E-state index in [0.29, 0.717) is 24.8 Å². The number of piperazine rings is 1. The number of pyridine rings is 1. The van der Waals surface area contributed by atoms with E-state index in [0.717, 1.165) is 55.4 Å². The van der Waals surface area contributed by atoms with E-state index in [1.807, 2.05) is 12.1 Å². The number of aromatic nitrogens is 3. The summed E-state index contributed by atoms with van der Waals surface area (Å²) in [6.45, 7) is 5.53. The molecule has 0 saturated carbocycles. The van der Waals surface area contributed by atoms with Crippen molar-refractivity contribution < 1.29 is 22.4 Å². The number of halogens is 4. The molecule has 1 amide bonds. The van der Waals surface area contributed by atoms with E-state index in [4.69, 9.17) is 0 Å². The number of rotatable bonds is 4. The summed E-state index contributed by atoms with van der Waals surface area (Å²) in [5.41, 5.74) is 2.25. The summed E-state index contributed by atoms with van der Waals surface area (Å²) in [5, 5.41) is 23.6. The lowest BCUT2D eigenvalue weighted by Crippen LogP contribution is -2.43. The highest BCUT2D eigenvalue weighted by molar-refractivity contribution is 6.05. The van der Waals surface area contributed by atoms with Crippen LogP contribution in [-0.2, 0) is 19.1 Å². The molecule has 0 aliphatic carbocycles. The van der Waals surface area contributed by atoms with Gasteiger partial charge in [-0.15, -0.1) is 0 Å². The molecule has 0 bridgehead atoms. The van der Waals surface area contributed by atoms with Crippen LogP contribution in [0.5, 0.6) is 0 Å². The van der Waals surface area contributed by atoms with Crippen LogP contribution in [0.1, 0.15) is 32.6 Å². The zero-order valence-corrected chi connectivity index (χ0v) is 23.0. The fourth-order valence-electron chi connectivity index (χ4n) is 5.40. The predicted molar refractivity (Wildman–Crippen MR) is 153 cm³/mol. The second-order valence-corrected chi connectivity index (χ2v) is 10.3. The van der Waals surface area contributed by atoms with Gasteiger partial charge in [0, 0.05) is 61.4 Å². The fraction of sp³-hybridized carbons (Fsp3) is 0.267. The molecule has 3 N–H and O–H groups in total. The van der Waals surface area contributed by atoms with Gasteiger partial charge >= 0.3 is 6.18 Å². The molecule has 1 saturated heterocycles. The third kappa shape index (κ3) is 5.37. The quantitative estimate of drug-likeness (QED) is 0.279. The van der Waals surface area contributed by atoms with Crippen molar-refractivity contribution in [2.75, 3.05) is 41.7 Å². The van der Waals surface area contributed by atoms with Crippen LogP contribution in [0.15, 0.2) is 48.7 Å². The van der Waals surface area contributed by atoms with E-state index in [2.05, 4.69) is 43.1 Å². The van der Waals surface area contributed by atoms with Crippen molar-refractivity contribution in [3.8, 4) is 17.3 Å². The monoisotopic (exact) mass is 590 g/mol. The highest BCUT2D eigenvalue weighted by atomic mass is 19.4. The van der Waals surface area contributed by atoms with Crippen LogP contribution in [0.25, 0.3) is 11.3 Å². The third-order valence-corrected chi connectivity index (χ3v) is 7.70. The average molecular weight is 591 g/mol. The van der Waals surface area contributed by atoms with Crippen LogP contribution < -0.4 is 20.9 Å². The second kappa shape index (κ2) is 11.0. The van der Waals surface area contributed by atoms with Gasteiger partial charge in [-0.25, -0.2) is 14.1 Å². The normalized spacial score (nSPS) is 14.7. The molecule has 4 aromatic rings. The van der Waals surface area contributed by atoms with E-state index < -0.39 is 23.5 Å². The molecule has 1 fully saturated rings. The molecule has 2 aromatic heterocycles. The molecular weight excluding hydrogens is 564 g/mol. The van der Waals surface area contributed by atoms with Crippen LogP contribution in [0.3, 0.4) is 0 Å². The molecule has 9 nitrogen and oxygen atoms in total. The summed E-state index contributed by atoms with van der Waals surface area (Å²) in [4.78, 5) is 19.0. The molecule has 2 aliphatic heterocycles. The van der Waals surface area contributed by atoms with Crippen molar-refractivity contribution in [2.24, 2.45) is 0 Å². The number of carbonyl (C=O) groups excluding carboxylic acids is 1. The summed E-state index contributed by atoms with van der Waals surface area (Å²) in [6, 6.07) is 12.5. The highest BCUT2D eigenvalue weighted by Crippen LogP contribution is 2.37. The number of aryl methyl sites for hydroxylation is 2. The molecule has 2 aliphatic rings. The Morgan fingerprint density at radius 2 is 1.88 bits per heavy atom. The first-order chi connectivity index (χ1) is 20.6. The van der Waals surface area contributed by atoms with Crippen molar-refractivity contribution in [2.45, 2.75) is 26.1 Å².